The van der Waals surface area contributed by atoms with Crippen LogP contribution in [0.15, 0.2) is 85.3 Å². The number of hydrogen-bond acceptors (Lipinski definition) is 9. The number of nitrogen functional groups attached to an aromatic ring is 1. The van der Waals surface area contributed by atoms with Gasteiger partial charge in [0.25, 0.3) is 0 Å². The quantitative estimate of drug-likeness (QED) is 0.341. The number of ether oxygens (including phenoxy) is 1. The molecule has 3 N–H and O–H groups in total. The number of nitrogens with two attached hydrogens (primary N) is 1. The largest absolute Gasteiger partial charge is 0.420 e. The fourth-order valence-corrected chi connectivity index (χ4v) is 3.50. The number of aromatic nitrogens is 6. The van der Waals surface area contributed by atoms with Crippen LogP contribution in [0.25, 0.3) is 22.5 Å². The van der Waals surface area contributed by atoms with Gasteiger partial charge < -0.3 is 15.8 Å². The number of aryl methyl sites for hydroxylation is 1. The number of benzene rings is 1. The summed E-state index contributed by atoms with van der Waals surface area (Å²) in [6, 6.07) is 21.1. The number of nitrogens with zero attached hydrogens (tertiary/aromatic N) is 6. The summed E-state index contributed by atoms with van der Waals surface area (Å²) in [5.41, 5.74) is 10.7. The minimum absolute atomic E-state index is 0.178. The molecule has 1 aromatic carbocycles. The molecule has 0 atom stereocenters. The van der Waals surface area contributed by atoms with Crippen molar-refractivity contribution >= 4 is 17.5 Å². The number of pyridine rings is 2. The van der Waals surface area contributed by atoms with Gasteiger partial charge in [-0.15, -0.1) is 10.2 Å². The third-order valence-corrected chi connectivity index (χ3v) is 5.24. The Morgan fingerprint density at radius 1 is 0.857 bits per heavy atom. The molecule has 4 aromatic heterocycles. The summed E-state index contributed by atoms with van der Waals surface area (Å²) >= 11 is 0. The monoisotopic (exact) mass is 462 g/mol. The molecular formula is C26H22N8O. The van der Waals surface area contributed by atoms with Crippen molar-refractivity contribution in [2.45, 2.75) is 13.3 Å². The Kier molecular flexibility index (Phi) is 6.21. The van der Waals surface area contributed by atoms with Gasteiger partial charge in [0.2, 0.25) is 17.7 Å². The highest BCUT2D eigenvalue weighted by Crippen LogP contribution is 2.30. The molecule has 0 spiro atoms. The fourth-order valence-electron chi connectivity index (χ4n) is 3.50. The van der Waals surface area contributed by atoms with Crippen LogP contribution in [0.3, 0.4) is 0 Å². The molecule has 0 saturated heterocycles. The third-order valence-electron chi connectivity index (χ3n) is 5.24. The standard InChI is InChI=1S/C26H22N8O/c1-2-17-15-22(18-7-4-3-5-8-18)33-34-24(17)31-19-10-11-23(30-16-19)35-25-20(9-6-13-28-25)21-12-14-29-26(27)32-21/h3-16H,2H2,1H3,(H,31,34)(H2,27,29,32). The summed E-state index contributed by atoms with van der Waals surface area (Å²) in [5, 5.41) is 12.1. The van der Waals surface area contributed by atoms with E-state index in [0.29, 0.717) is 28.8 Å². The van der Waals surface area contributed by atoms with Crippen molar-refractivity contribution in [2.24, 2.45) is 0 Å². The molecule has 0 amide bonds. The Morgan fingerprint density at radius 3 is 2.51 bits per heavy atom. The highest BCUT2D eigenvalue weighted by atomic mass is 16.5. The molecule has 0 bridgehead atoms. The van der Waals surface area contributed by atoms with Gasteiger partial charge in [0.1, 0.15) is 0 Å². The Morgan fingerprint density at radius 2 is 1.74 bits per heavy atom. The first kappa shape index (κ1) is 21.9. The van der Waals surface area contributed by atoms with E-state index < -0.39 is 0 Å². The summed E-state index contributed by atoms with van der Waals surface area (Å²) in [6.07, 6.45) is 5.71. The van der Waals surface area contributed by atoms with Gasteiger partial charge in [0.05, 0.1) is 28.8 Å². The van der Waals surface area contributed by atoms with Crippen molar-refractivity contribution < 1.29 is 4.74 Å². The lowest BCUT2D eigenvalue weighted by Gasteiger charge is -2.12. The van der Waals surface area contributed by atoms with Crippen molar-refractivity contribution in [2.75, 3.05) is 11.1 Å². The maximum atomic E-state index is 5.94. The highest BCUT2D eigenvalue weighted by molar-refractivity contribution is 5.66. The van der Waals surface area contributed by atoms with Crippen LogP contribution >= 0.6 is 0 Å². The molecule has 9 heteroatoms. The predicted molar refractivity (Wildman–Crippen MR) is 134 cm³/mol. The SMILES string of the molecule is CCc1cc(-c2ccccc2)nnc1Nc1ccc(Oc2ncccc2-c2ccnc(N)n2)nc1. The lowest BCUT2D eigenvalue weighted by atomic mass is 10.1. The van der Waals surface area contributed by atoms with E-state index >= 15 is 0 Å². The molecule has 9 nitrogen and oxygen atoms in total. The number of anilines is 3. The second kappa shape index (κ2) is 9.92. The van der Waals surface area contributed by atoms with E-state index in [9.17, 15) is 0 Å². The molecule has 5 aromatic rings. The smallest absolute Gasteiger partial charge is 0.230 e. The van der Waals surface area contributed by atoms with Crippen LogP contribution in [-0.2, 0) is 6.42 Å². The lowest BCUT2D eigenvalue weighted by molar-refractivity contribution is 0.446. The van der Waals surface area contributed by atoms with Gasteiger partial charge in [-0.3, -0.25) is 0 Å². The first-order valence-electron chi connectivity index (χ1n) is 11.1. The van der Waals surface area contributed by atoms with Gasteiger partial charge in [-0.25, -0.2) is 19.9 Å². The van der Waals surface area contributed by atoms with E-state index in [1.165, 1.54) is 0 Å². The molecule has 0 radical (unpaired) electrons. The molecule has 0 fully saturated rings. The van der Waals surface area contributed by atoms with Crippen molar-refractivity contribution in [1.29, 1.82) is 0 Å². The minimum atomic E-state index is 0.178. The normalized spacial score (nSPS) is 10.7. The van der Waals surface area contributed by atoms with E-state index in [0.717, 1.165) is 28.9 Å². The maximum Gasteiger partial charge on any atom is 0.230 e. The van der Waals surface area contributed by atoms with E-state index in [1.807, 2.05) is 42.5 Å². The summed E-state index contributed by atoms with van der Waals surface area (Å²) in [7, 11) is 0. The van der Waals surface area contributed by atoms with Crippen LogP contribution in [0.5, 0.6) is 11.8 Å². The molecule has 0 aliphatic carbocycles. The molecule has 0 aliphatic rings. The second-order valence-electron chi connectivity index (χ2n) is 7.59. The van der Waals surface area contributed by atoms with E-state index in [4.69, 9.17) is 10.5 Å². The molecule has 5 rings (SSSR count). The molecule has 0 unspecified atom stereocenters. The average molecular weight is 463 g/mol. The second-order valence-corrected chi connectivity index (χ2v) is 7.59. The van der Waals surface area contributed by atoms with Crippen molar-refractivity contribution in [3.05, 3.63) is 90.9 Å². The van der Waals surface area contributed by atoms with Crippen molar-refractivity contribution in [1.82, 2.24) is 30.1 Å². The minimum Gasteiger partial charge on any atom is -0.420 e. The van der Waals surface area contributed by atoms with Crippen LogP contribution in [0.4, 0.5) is 17.5 Å². The molecular weight excluding hydrogens is 440 g/mol. The summed E-state index contributed by atoms with van der Waals surface area (Å²) in [5.74, 6) is 1.63. The summed E-state index contributed by atoms with van der Waals surface area (Å²) < 4.78 is 5.94. The zero-order chi connectivity index (χ0) is 24.0. The Labute approximate surface area is 202 Å². The summed E-state index contributed by atoms with van der Waals surface area (Å²) in [6.45, 7) is 2.09. The number of nitrogens with one attached hydrogen (secondary N) is 1. The van der Waals surface area contributed by atoms with Crippen LogP contribution in [0, 0.1) is 0 Å². The average Bonchev–Trinajstić information content (AvgIpc) is 2.91. The van der Waals surface area contributed by atoms with Gasteiger partial charge in [-0.2, -0.15) is 0 Å². The summed E-state index contributed by atoms with van der Waals surface area (Å²) in [4.78, 5) is 16.9. The van der Waals surface area contributed by atoms with Crippen molar-refractivity contribution in [3.63, 3.8) is 0 Å². The zero-order valence-electron chi connectivity index (χ0n) is 19.0. The number of hydrogen-bond donors (Lipinski definition) is 2. The molecule has 172 valence electrons. The van der Waals surface area contributed by atoms with E-state index in [-0.39, 0.29) is 5.95 Å². The first-order chi connectivity index (χ1) is 17.2. The third kappa shape index (κ3) is 5.03. The molecule has 35 heavy (non-hydrogen) atoms. The molecule has 0 aliphatic heterocycles. The Bertz CT molecular complexity index is 1440. The Balaban J connectivity index is 1.34. The van der Waals surface area contributed by atoms with E-state index in [2.05, 4.69) is 48.4 Å². The van der Waals surface area contributed by atoms with Gasteiger partial charge in [-0.05, 0) is 42.3 Å². The van der Waals surface area contributed by atoms with E-state index in [1.54, 1.807) is 36.8 Å². The lowest BCUT2D eigenvalue weighted by Crippen LogP contribution is -2.02. The van der Waals surface area contributed by atoms with Gasteiger partial charge in [0, 0.05) is 24.0 Å². The zero-order valence-corrected chi connectivity index (χ0v) is 19.0. The van der Waals surface area contributed by atoms with Crippen LogP contribution < -0.4 is 15.8 Å². The van der Waals surface area contributed by atoms with Gasteiger partial charge in [0.15, 0.2) is 5.82 Å². The van der Waals surface area contributed by atoms with Gasteiger partial charge >= 0.3 is 0 Å². The predicted octanol–water partition coefficient (Wildman–Crippen LogP) is 5.07. The Hall–Kier alpha value is -4.92. The van der Waals surface area contributed by atoms with Crippen LogP contribution in [-0.4, -0.2) is 30.1 Å². The van der Waals surface area contributed by atoms with Crippen LogP contribution in [0.2, 0.25) is 0 Å². The number of rotatable bonds is 7. The first-order valence-corrected chi connectivity index (χ1v) is 11.1. The fraction of sp³-hybridized carbons (Fsp3) is 0.0769. The van der Waals surface area contributed by atoms with Gasteiger partial charge in [-0.1, -0.05) is 37.3 Å². The van der Waals surface area contributed by atoms with Crippen molar-refractivity contribution in [3.8, 4) is 34.3 Å². The van der Waals surface area contributed by atoms with Crippen LogP contribution in [0.1, 0.15) is 12.5 Å². The molecule has 0 saturated carbocycles. The topological polar surface area (TPSA) is 125 Å². The molecule has 4 heterocycles. The highest BCUT2D eigenvalue weighted by Gasteiger charge is 2.12. The maximum absolute atomic E-state index is 5.94.